The van der Waals surface area contributed by atoms with Crippen molar-refractivity contribution in [2.24, 2.45) is 5.92 Å². The van der Waals surface area contributed by atoms with Gasteiger partial charge in [0.05, 0.1) is 39.8 Å². The lowest BCUT2D eigenvalue weighted by atomic mass is 9.89. The second-order valence-corrected chi connectivity index (χ2v) is 8.29. The second-order valence-electron chi connectivity index (χ2n) is 8.29. The number of amides is 2. The van der Waals surface area contributed by atoms with E-state index >= 15 is 0 Å². The highest BCUT2D eigenvalue weighted by atomic mass is 16.7. The summed E-state index contributed by atoms with van der Waals surface area (Å²) < 4.78 is 22.1. The Balaban J connectivity index is 1.65. The molecule has 0 radical (unpaired) electrons. The first-order valence-electron chi connectivity index (χ1n) is 11.4. The first kappa shape index (κ1) is 23.5. The number of anilines is 2. The van der Waals surface area contributed by atoms with Crippen LogP contribution in [-0.4, -0.2) is 46.4 Å². The highest BCUT2D eigenvalue weighted by Crippen LogP contribution is 2.52. The molecule has 0 bridgehead atoms. The number of hydrogen-bond acceptors (Lipinski definition) is 8. The third kappa shape index (κ3) is 3.59. The van der Waals surface area contributed by atoms with Crippen LogP contribution >= 0.6 is 0 Å². The summed E-state index contributed by atoms with van der Waals surface area (Å²) >= 11 is 0. The first-order chi connectivity index (χ1) is 17.5. The number of para-hydroxylation sites is 1. The van der Waals surface area contributed by atoms with E-state index in [9.17, 15) is 9.59 Å². The number of fused-ring (bicyclic) bond motifs is 1. The van der Waals surface area contributed by atoms with Crippen LogP contribution in [0.5, 0.6) is 23.0 Å². The van der Waals surface area contributed by atoms with Gasteiger partial charge in [-0.1, -0.05) is 24.3 Å². The molecule has 2 fully saturated rings. The zero-order valence-corrected chi connectivity index (χ0v) is 20.3. The summed E-state index contributed by atoms with van der Waals surface area (Å²) in [4.78, 5) is 34.9. The van der Waals surface area contributed by atoms with Crippen molar-refractivity contribution >= 4 is 23.2 Å². The van der Waals surface area contributed by atoms with Gasteiger partial charge in [-0.25, -0.2) is 9.96 Å². The molecule has 186 valence electrons. The van der Waals surface area contributed by atoms with E-state index < -0.39 is 24.0 Å². The minimum Gasteiger partial charge on any atom is -0.497 e. The number of carbonyl (C=O) groups is 2. The minimum absolute atomic E-state index is 0.376. The van der Waals surface area contributed by atoms with Gasteiger partial charge in [-0.2, -0.15) is 0 Å². The van der Waals surface area contributed by atoms with Crippen LogP contribution < -0.4 is 28.9 Å². The van der Waals surface area contributed by atoms with E-state index in [1.807, 2.05) is 30.3 Å². The van der Waals surface area contributed by atoms with E-state index in [2.05, 4.69) is 0 Å². The molecule has 9 nitrogen and oxygen atoms in total. The molecule has 5 rings (SSSR count). The molecule has 2 amide bonds. The molecule has 9 heteroatoms. The molecule has 2 heterocycles. The van der Waals surface area contributed by atoms with Crippen molar-refractivity contribution in [1.82, 2.24) is 0 Å². The van der Waals surface area contributed by atoms with Crippen molar-refractivity contribution in [2.75, 3.05) is 38.4 Å². The number of ether oxygens (including phenoxy) is 4. The molecule has 2 saturated heterocycles. The first-order valence-corrected chi connectivity index (χ1v) is 11.4. The predicted octanol–water partition coefficient (Wildman–Crippen LogP) is 3.77. The van der Waals surface area contributed by atoms with Crippen LogP contribution in [0.15, 0.2) is 66.7 Å². The van der Waals surface area contributed by atoms with E-state index in [1.54, 1.807) is 41.5 Å². The van der Waals surface area contributed by atoms with E-state index in [4.69, 9.17) is 23.8 Å². The van der Waals surface area contributed by atoms with Gasteiger partial charge in [-0.3, -0.25) is 14.4 Å². The van der Waals surface area contributed by atoms with Crippen LogP contribution in [0, 0.1) is 5.92 Å². The molecule has 3 aromatic rings. The van der Waals surface area contributed by atoms with Gasteiger partial charge >= 0.3 is 0 Å². The average molecular weight is 491 g/mol. The van der Waals surface area contributed by atoms with Crippen LogP contribution in [0.4, 0.5) is 11.4 Å². The van der Waals surface area contributed by atoms with Gasteiger partial charge in [0, 0.05) is 11.6 Å². The van der Waals surface area contributed by atoms with Crippen molar-refractivity contribution in [2.45, 2.75) is 12.1 Å². The summed E-state index contributed by atoms with van der Waals surface area (Å²) in [5, 5.41) is 1.61. The molecule has 0 spiro atoms. The number of benzene rings is 3. The zero-order valence-electron chi connectivity index (χ0n) is 20.3. The van der Waals surface area contributed by atoms with Crippen molar-refractivity contribution in [3.05, 3.63) is 72.3 Å². The van der Waals surface area contributed by atoms with Crippen LogP contribution in [0.1, 0.15) is 11.6 Å². The molecule has 2 aliphatic heterocycles. The molecule has 3 aromatic carbocycles. The van der Waals surface area contributed by atoms with E-state index in [0.29, 0.717) is 39.9 Å². The summed E-state index contributed by atoms with van der Waals surface area (Å²) in [7, 11) is 6.10. The number of hydroxylamine groups is 1. The highest BCUT2D eigenvalue weighted by Gasteiger charge is 2.61. The van der Waals surface area contributed by atoms with Crippen molar-refractivity contribution in [3.63, 3.8) is 0 Å². The fourth-order valence-corrected chi connectivity index (χ4v) is 4.89. The number of rotatable bonds is 7. The molecular formula is C27H26N2O7. The highest BCUT2D eigenvalue weighted by molar-refractivity contribution is 6.24. The Morgan fingerprint density at radius 3 is 2.11 bits per heavy atom. The molecule has 0 unspecified atom stereocenters. The third-order valence-corrected chi connectivity index (χ3v) is 6.49. The Morgan fingerprint density at radius 1 is 0.722 bits per heavy atom. The quantitative estimate of drug-likeness (QED) is 0.463. The summed E-state index contributed by atoms with van der Waals surface area (Å²) in [6, 6.07) is 19.0. The fraction of sp³-hybridized carbons (Fsp3) is 0.259. The van der Waals surface area contributed by atoms with Gasteiger partial charge < -0.3 is 18.9 Å². The molecule has 0 aromatic heterocycles. The second kappa shape index (κ2) is 9.43. The van der Waals surface area contributed by atoms with Crippen LogP contribution in [-0.2, 0) is 14.4 Å². The summed E-state index contributed by atoms with van der Waals surface area (Å²) in [6.45, 7) is 0. The van der Waals surface area contributed by atoms with E-state index in [-0.39, 0.29) is 5.91 Å². The summed E-state index contributed by atoms with van der Waals surface area (Å²) in [6.07, 6.45) is -1.02. The topological polar surface area (TPSA) is 86.8 Å². The third-order valence-electron chi connectivity index (χ3n) is 6.49. The Bertz CT molecular complexity index is 1300. The van der Waals surface area contributed by atoms with Crippen molar-refractivity contribution in [1.29, 1.82) is 0 Å². The minimum atomic E-state index is -1.02. The normalized spacial score (nSPS) is 20.9. The number of hydrogen-bond donors (Lipinski definition) is 0. The average Bonchev–Trinajstić information content (AvgIpc) is 3.43. The van der Waals surface area contributed by atoms with Crippen LogP contribution in [0.3, 0.4) is 0 Å². The predicted molar refractivity (Wildman–Crippen MR) is 132 cm³/mol. The van der Waals surface area contributed by atoms with Crippen molar-refractivity contribution < 1.29 is 33.4 Å². The van der Waals surface area contributed by atoms with Gasteiger partial charge in [0.15, 0.2) is 17.6 Å². The van der Waals surface area contributed by atoms with E-state index in [1.165, 1.54) is 33.3 Å². The number of carbonyl (C=O) groups excluding carboxylic acids is 2. The fourth-order valence-electron chi connectivity index (χ4n) is 4.89. The monoisotopic (exact) mass is 490 g/mol. The molecule has 36 heavy (non-hydrogen) atoms. The molecule has 0 saturated carbocycles. The molecule has 3 atom stereocenters. The van der Waals surface area contributed by atoms with Crippen molar-refractivity contribution in [3.8, 4) is 23.0 Å². The Labute approximate surface area is 208 Å². The van der Waals surface area contributed by atoms with Gasteiger partial charge in [0.25, 0.3) is 5.91 Å². The van der Waals surface area contributed by atoms with Crippen LogP contribution in [0.2, 0.25) is 0 Å². The van der Waals surface area contributed by atoms with Gasteiger partial charge in [-0.05, 0) is 36.4 Å². The Hall–Kier alpha value is -4.24. The molecular weight excluding hydrogens is 464 g/mol. The van der Waals surface area contributed by atoms with Crippen LogP contribution in [0.25, 0.3) is 0 Å². The lowest BCUT2D eigenvalue weighted by molar-refractivity contribution is -0.126. The molecule has 2 aliphatic rings. The van der Waals surface area contributed by atoms with E-state index in [0.717, 1.165) is 0 Å². The maximum Gasteiger partial charge on any atom is 0.266 e. The standard InChI is InChI=1S/C27H26N2O7/c1-32-18-12-8-11-17(15-18)28-26(30)21-22(19-13-14-20(33-2)24(35-4)23(19)34-3)29(36-25(21)27(28)31)16-9-6-5-7-10-16/h5-15,21-22,25H,1-4H3/t21-,22+,25-/m0/s1. The summed E-state index contributed by atoms with van der Waals surface area (Å²) in [5.74, 6) is 0.139. The SMILES string of the molecule is COc1cccc(N2C(=O)[C@@H]3[C@H](ON(c4ccccc4)[C@@H]3c3ccc(OC)c(OC)c3OC)C2=O)c1. The zero-order chi connectivity index (χ0) is 25.4. The smallest absolute Gasteiger partial charge is 0.266 e. The lowest BCUT2D eigenvalue weighted by Gasteiger charge is -2.30. The number of imide groups is 1. The maximum absolute atomic E-state index is 13.9. The van der Waals surface area contributed by atoms with Gasteiger partial charge in [0.2, 0.25) is 11.7 Å². The Morgan fingerprint density at radius 2 is 1.44 bits per heavy atom. The van der Waals surface area contributed by atoms with Gasteiger partial charge in [0.1, 0.15) is 17.7 Å². The number of nitrogens with zero attached hydrogens (tertiary/aromatic N) is 2. The Kier molecular flexibility index (Phi) is 6.15. The molecule has 0 aliphatic carbocycles. The van der Waals surface area contributed by atoms with Gasteiger partial charge in [-0.15, -0.1) is 0 Å². The summed E-state index contributed by atoms with van der Waals surface area (Å²) in [5.41, 5.74) is 1.74. The largest absolute Gasteiger partial charge is 0.497 e. The number of methoxy groups -OCH3 is 4. The lowest BCUT2D eigenvalue weighted by Crippen LogP contribution is -2.37. The maximum atomic E-state index is 13.9. The molecule has 0 N–H and O–H groups in total.